The average molecular weight is 364 g/mol. The largest absolute Gasteiger partial charge is 0.305 e. The lowest BCUT2D eigenvalue weighted by Crippen LogP contribution is -2.23. The summed E-state index contributed by atoms with van der Waals surface area (Å²) in [5, 5.41) is 1.15. The van der Waals surface area contributed by atoms with E-state index in [4.69, 9.17) is 0 Å². The molecular weight excluding hydrogens is 339 g/mol. The minimum Gasteiger partial charge on any atom is -0.305 e. The van der Waals surface area contributed by atoms with Crippen LogP contribution in [0.5, 0.6) is 0 Å². The molecule has 0 unspecified atom stereocenters. The molecular formula is C23H25O2P. The predicted molar refractivity (Wildman–Crippen MR) is 111 cm³/mol. The van der Waals surface area contributed by atoms with Gasteiger partial charge in [0.25, 0.3) is 0 Å². The van der Waals surface area contributed by atoms with E-state index in [9.17, 15) is 9.36 Å². The van der Waals surface area contributed by atoms with Crippen LogP contribution in [0.3, 0.4) is 0 Å². The fourth-order valence-corrected chi connectivity index (χ4v) is 5.95. The highest BCUT2D eigenvalue weighted by atomic mass is 31.2. The van der Waals surface area contributed by atoms with Crippen molar-refractivity contribution >= 4 is 23.3 Å². The van der Waals surface area contributed by atoms with E-state index in [0.717, 1.165) is 16.7 Å². The first kappa shape index (κ1) is 19.9. The van der Waals surface area contributed by atoms with Crippen LogP contribution in [0.15, 0.2) is 72.8 Å². The van der Waals surface area contributed by atoms with Gasteiger partial charge < -0.3 is 4.57 Å². The van der Waals surface area contributed by atoms with E-state index in [1.807, 2.05) is 69.3 Å². The van der Waals surface area contributed by atoms with Crippen molar-refractivity contribution in [3.05, 3.63) is 95.1 Å². The summed E-state index contributed by atoms with van der Waals surface area (Å²) in [5.41, 5.74) is 3.12. The SMILES string of the molecule is C.Cc1cc(C)c(C(=O)P(=O)(c2ccccc2)c2ccccc2)c(C)c1. The van der Waals surface area contributed by atoms with Crippen LogP contribution in [0.1, 0.15) is 34.5 Å². The molecule has 0 N–H and O–H groups in total. The van der Waals surface area contributed by atoms with Crippen LogP contribution >= 0.6 is 7.14 Å². The van der Waals surface area contributed by atoms with Crippen molar-refractivity contribution in [3.8, 4) is 0 Å². The molecule has 2 nitrogen and oxygen atoms in total. The van der Waals surface area contributed by atoms with Crippen molar-refractivity contribution in [1.29, 1.82) is 0 Å². The number of rotatable bonds is 4. The summed E-state index contributed by atoms with van der Waals surface area (Å²) in [5.74, 6) is 0. The summed E-state index contributed by atoms with van der Waals surface area (Å²) in [4.78, 5) is 13.6. The molecule has 0 saturated carbocycles. The topological polar surface area (TPSA) is 34.1 Å². The fraction of sp³-hybridized carbons (Fsp3) is 0.174. The Morgan fingerprint density at radius 2 is 1.12 bits per heavy atom. The zero-order valence-electron chi connectivity index (χ0n) is 14.7. The van der Waals surface area contributed by atoms with Crippen LogP contribution < -0.4 is 10.6 Å². The van der Waals surface area contributed by atoms with Gasteiger partial charge in [-0.2, -0.15) is 0 Å². The lowest BCUT2D eigenvalue weighted by Gasteiger charge is -2.20. The van der Waals surface area contributed by atoms with Crippen molar-refractivity contribution < 1.29 is 9.36 Å². The highest BCUT2D eigenvalue weighted by molar-refractivity contribution is 7.93. The van der Waals surface area contributed by atoms with Gasteiger partial charge in [0, 0.05) is 16.2 Å². The van der Waals surface area contributed by atoms with Gasteiger partial charge in [-0.05, 0) is 31.9 Å². The summed E-state index contributed by atoms with van der Waals surface area (Å²) < 4.78 is 14.2. The van der Waals surface area contributed by atoms with Crippen molar-refractivity contribution in [2.45, 2.75) is 28.2 Å². The maximum absolute atomic E-state index is 14.2. The van der Waals surface area contributed by atoms with Crippen molar-refractivity contribution in [2.24, 2.45) is 0 Å². The number of hydrogen-bond acceptors (Lipinski definition) is 2. The van der Waals surface area contributed by atoms with Gasteiger partial charge in [0.15, 0.2) is 0 Å². The first-order valence-corrected chi connectivity index (χ1v) is 9.99. The molecule has 3 aromatic rings. The zero-order valence-corrected chi connectivity index (χ0v) is 15.6. The maximum atomic E-state index is 14.2. The van der Waals surface area contributed by atoms with E-state index < -0.39 is 7.14 Å². The monoisotopic (exact) mass is 364 g/mol. The van der Waals surface area contributed by atoms with Gasteiger partial charge in [0.2, 0.25) is 12.7 Å². The van der Waals surface area contributed by atoms with E-state index in [0.29, 0.717) is 16.2 Å². The molecule has 0 atom stereocenters. The van der Waals surface area contributed by atoms with E-state index in [2.05, 4.69) is 0 Å². The second-order valence-corrected chi connectivity index (χ2v) is 9.02. The highest BCUT2D eigenvalue weighted by Crippen LogP contribution is 2.47. The Morgan fingerprint density at radius 1 is 0.731 bits per heavy atom. The third-order valence-electron chi connectivity index (χ3n) is 4.42. The minimum atomic E-state index is -3.44. The number of hydrogen-bond donors (Lipinski definition) is 0. The van der Waals surface area contributed by atoms with E-state index in [1.54, 1.807) is 24.3 Å². The third kappa shape index (κ3) is 3.43. The van der Waals surface area contributed by atoms with Crippen LogP contribution in [0, 0.1) is 20.8 Å². The molecule has 3 aromatic carbocycles. The van der Waals surface area contributed by atoms with Crippen LogP contribution in [0.25, 0.3) is 0 Å². The quantitative estimate of drug-likeness (QED) is 0.581. The molecule has 0 bridgehead atoms. The number of carbonyl (C=O) groups excluding carboxylic acids is 1. The maximum Gasteiger partial charge on any atom is 0.230 e. The Labute approximate surface area is 156 Å². The molecule has 3 heteroatoms. The van der Waals surface area contributed by atoms with Crippen LogP contribution in [-0.2, 0) is 4.57 Å². The minimum absolute atomic E-state index is 0. The number of benzene rings is 3. The molecule has 134 valence electrons. The highest BCUT2D eigenvalue weighted by Gasteiger charge is 2.37. The first-order valence-electron chi connectivity index (χ1n) is 8.28. The number of carbonyl (C=O) groups is 1. The fourth-order valence-electron chi connectivity index (χ4n) is 3.33. The number of aryl methyl sites for hydroxylation is 3. The zero-order chi connectivity index (χ0) is 18.0. The molecule has 0 aliphatic heterocycles. The lowest BCUT2D eigenvalue weighted by atomic mass is 10.0. The Kier molecular flexibility index (Phi) is 6.00. The van der Waals surface area contributed by atoms with Crippen molar-refractivity contribution in [3.63, 3.8) is 0 Å². The Hall–Kier alpha value is -2.44. The Morgan fingerprint density at radius 3 is 1.50 bits per heavy atom. The van der Waals surface area contributed by atoms with Gasteiger partial charge in [-0.1, -0.05) is 85.8 Å². The average Bonchev–Trinajstić information content (AvgIpc) is 2.61. The molecule has 3 rings (SSSR count). The van der Waals surface area contributed by atoms with E-state index in [1.165, 1.54) is 0 Å². The van der Waals surface area contributed by atoms with Gasteiger partial charge in [0.1, 0.15) is 0 Å². The first-order chi connectivity index (χ1) is 11.9. The van der Waals surface area contributed by atoms with Crippen LogP contribution in [0.2, 0.25) is 0 Å². The second kappa shape index (κ2) is 7.85. The standard InChI is InChI=1S/C22H21O2P.CH4/c1-16-14-17(2)21(18(3)15-16)22(23)25(24,19-10-6-4-7-11-19)20-12-8-5-9-13-20;/h4-15H,1-3H3;1H4. The summed E-state index contributed by atoms with van der Waals surface area (Å²) in [6.45, 7) is 5.82. The molecule has 0 saturated heterocycles. The summed E-state index contributed by atoms with van der Waals surface area (Å²) in [6, 6.07) is 22.1. The second-order valence-electron chi connectivity index (χ2n) is 6.36. The van der Waals surface area contributed by atoms with E-state index in [-0.39, 0.29) is 13.0 Å². The van der Waals surface area contributed by atoms with E-state index >= 15 is 0 Å². The lowest BCUT2D eigenvalue weighted by molar-refractivity contribution is 0.107. The van der Waals surface area contributed by atoms with Gasteiger partial charge in [-0.15, -0.1) is 0 Å². The molecule has 0 amide bonds. The summed E-state index contributed by atoms with van der Waals surface area (Å²) in [6.07, 6.45) is 0. The molecule has 26 heavy (non-hydrogen) atoms. The summed E-state index contributed by atoms with van der Waals surface area (Å²) in [7, 11) is -3.44. The van der Waals surface area contributed by atoms with Gasteiger partial charge in [0.05, 0.1) is 0 Å². The molecule has 0 heterocycles. The Bertz CT molecular complexity index is 894. The summed E-state index contributed by atoms with van der Waals surface area (Å²) >= 11 is 0. The molecule has 0 radical (unpaired) electrons. The molecule has 0 fully saturated rings. The van der Waals surface area contributed by atoms with Crippen LogP contribution in [0.4, 0.5) is 0 Å². The smallest absolute Gasteiger partial charge is 0.230 e. The molecule has 0 spiro atoms. The normalized spacial score (nSPS) is 10.9. The predicted octanol–water partition coefficient (Wildman–Crippen LogP) is 5.40. The van der Waals surface area contributed by atoms with Crippen molar-refractivity contribution in [1.82, 2.24) is 0 Å². The molecule has 0 aliphatic carbocycles. The molecule has 0 aliphatic rings. The van der Waals surface area contributed by atoms with Crippen molar-refractivity contribution in [2.75, 3.05) is 0 Å². The van der Waals surface area contributed by atoms with Gasteiger partial charge in [-0.25, -0.2) is 0 Å². The Balaban J connectivity index is 0.00000243. The van der Waals surface area contributed by atoms with Gasteiger partial charge in [-0.3, -0.25) is 4.79 Å². The van der Waals surface area contributed by atoms with Gasteiger partial charge >= 0.3 is 0 Å². The third-order valence-corrected chi connectivity index (χ3v) is 7.26. The van der Waals surface area contributed by atoms with Crippen LogP contribution in [-0.4, -0.2) is 5.52 Å². The molecule has 0 aromatic heterocycles.